The molecule has 150 valence electrons. The van der Waals surface area contributed by atoms with Gasteiger partial charge >= 0.3 is 0 Å². The fourth-order valence-corrected chi connectivity index (χ4v) is 4.06. The lowest BCUT2D eigenvalue weighted by atomic mass is 9.94. The summed E-state index contributed by atoms with van der Waals surface area (Å²) in [5, 5.41) is 4.47. The molecule has 0 saturated carbocycles. The summed E-state index contributed by atoms with van der Waals surface area (Å²) in [7, 11) is 0. The number of fused-ring (bicyclic) bond motifs is 3. The summed E-state index contributed by atoms with van der Waals surface area (Å²) >= 11 is 6.14. The number of hydrogen-bond donors (Lipinski definition) is 1. The van der Waals surface area contributed by atoms with E-state index in [1.165, 1.54) is 18.4 Å². The molecule has 1 amide bonds. The second-order valence-electron chi connectivity index (χ2n) is 7.28. The highest BCUT2D eigenvalue weighted by Gasteiger charge is 2.20. The van der Waals surface area contributed by atoms with Crippen molar-refractivity contribution in [2.75, 3.05) is 11.9 Å². The summed E-state index contributed by atoms with van der Waals surface area (Å²) < 4.78 is 12.0. The predicted molar refractivity (Wildman–Crippen MR) is 118 cm³/mol. The molecule has 0 radical (unpaired) electrons. The first-order valence-electron chi connectivity index (χ1n) is 10.0. The van der Waals surface area contributed by atoms with Gasteiger partial charge in [0.15, 0.2) is 0 Å². The fraction of sp³-hybridized carbons (Fsp3) is 0.292. The second-order valence-corrected chi connectivity index (χ2v) is 7.69. The van der Waals surface area contributed by atoms with Crippen LogP contribution in [0.5, 0.6) is 5.75 Å². The van der Waals surface area contributed by atoms with Crippen molar-refractivity contribution in [1.29, 1.82) is 0 Å². The van der Waals surface area contributed by atoms with Crippen molar-refractivity contribution in [1.82, 2.24) is 0 Å². The minimum Gasteiger partial charge on any atom is -0.493 e. The molecule has 1 aromatic heterocycles. The average Bonchev–Trinajstić information content (AvgIpc) is 3.06. The minimum absolute atomic E-state index is 0.229. The van der Waals surface area contributed by atoms with E-state index >= 15 is 0 Å². The molecule has 1 N–H and O–H groups in total. The van der Waals surface area contributed by atoms with Crippen LogP contribution in [-0.2, 0) is 17.6 Å². The van der Waals surface area contributed by atoms with Crippen LogP contribution >= 0.6 is 11.6 Å². The van der Waals surface area contributed by atoms with E-state index in [-0.39, 0.29) is 5.91 Å². The van der Waals surface area contributed by atoms with Crippen molar-refractivity contribution >= 4 is 39.7 Å². The fourth-order valence-electron chi connectivity index (χ4n) is 3.88. The van der Waals surface area contributed by atoms with Crippen LogP contribution in [0.1, 0.15) is 43.6 Å². The Labute approximate surface area is 175 Å². The van der Waals surface area contributed by atoms with Crippen LogP contribution in [0.25, 0.3) is 16.5 Å². The molecular weight excluding hydrogens is 386 g/mol. The lowest BCUT2D eigenvalue weighted by Crippen LogP contribution is -2.09. The van der Waals surface area contributed by atoms with Gasteiger partial charge in [-0.3, -0.25) is 4.79 Å². The van der Waals surface area contributed by atoms with Gasteiger partial charge in [-0.2, -0.15) is 0 Å². The van der Waals surface area contributed by atoms with Crippen LogP contribution in [0, 0.1) is 0 Å². The van der Waals surface area contributed by atoms with Gasteiger partial charge in [-0.15, -0.1) is 0 Å². The summed E-state index contributed by atoms with van der Waals surface area (Å²) in [5.41, 5.74) is 4.47. The van der Waals surface area contributed by atoms with Gasteiger partial charge in [-0.1, -0.05) is 23.7 Å². The molecule has 4 rings (SSSR count). The zero-order valence-corrected chi connectivity index (χ0v) is 17.4. The van der Waals surface area contributed by atoms with Crippen molar-refractivity contribution in [3.05, 3.63) is 64.4 Å². The van der Waals surface area contributed by atoms with Crippen molar-refractivity contribution in [2.45, 2.75) is 39.5 Å². The molecule has 1 heterocycles. The van der Waals surface area contributed by atoms with E-state index in [9.17, 15) is 4.79 Å². The molecule has 0 spiro atoms. The second kappa shape index (κ2) is 8.34. The Morgan fingerprint density at radius 2 is 2.03 bits per heavy atom. The van der Waals surface area contributed by atoms with Crippen LogP contribution in [0.15, 0.2) is 46.9 Å². The number of aryl methyl sites for hydroxylation is 2. The number of amides is 1. The molecule has 1 aliphatic rings. The number of rotatable bonds is 5. The van der Waals surface area contributed by atoms with Gasteiger partial charge in [0.1, 0.15) is 17.1 Å². The van der Waals surface area contributed by atoms with E-state index in [0.717, 1.165) is 46.5 Å². The van der Waals surface area contributed by atoms with E-state index in [1.54, 1.807) is 18.2 Å². The third-order valence-electron chi connectivity index (χ3n) is 5.26. The Morgan fingerprint density at radius 1 is 1.24 bits per heavy atom. The van der Waals surface area contributed by atoms with Crippen molar-refractivity contribution in [3.8, 4) is 5.75 Å². The summed E-state index contributed by atoms with van der Waals surface area (Å²) in [6.07, 6.45) is 5.95. The van der Waals surface area contributed by atoms with Gasteiger partial charge in [-0.05, 0) is 56.9 Å². The topological polar surface area (TPSA) is 51.5 Å². The first-order chi connectivity index (χ1) is 14.1. The quantitative estimate of drug-likeness (QED) is 0.495. The molecule has 5 heteroatoms. The van der Waals surface area contributed by atoms with Gasteiger partial charge in [0.2, 0.25) is 5.91 Å². The molecule has 0 aliphatic heterocycles. The van der Waals surface area contributed by atoms with E-state index in [4.69, 9.17) is 20.8 Å². The molecule has 29 heavy (non-hydrogen) atoms. The standard InChI is InChI=1S/C24H24ClNO3/c1-3-28-22-14-23-18(16-8-4-7-11-21(16)29-23)13-17(22)15(2)12-24(27)26-20-10-6-5-9-19(20)25/h5-6,9-10,12-14H,3-4,7-8,11H2,1-2H3,(H,26,27)/b15-12+. The van der Waals surface area contributed by atoms with E-state index in [1.807, 2.05) is 32.0 Å². The number of ether oxygens (including phenoxy) is 1. The monoisotopic (exact) mass is 409 g/mol. The number of anilines is 1. The van der Waals surface area contributed by atoms with E-state index in [0.29, 0.717) is 17.3 Å². The van der Waals surface area contributed by atoms with Gasteiger partial charge in [-0.25, -0.2) is 0 Å². The first-order valence-corrected chi connectivity index (χ1v) is 10.4. The average molecular weight is 410 g/mol. The Morgan fingerprint density at radius 3 is 2.83 bits per heavy atom. The smallest absolute Gasteiger partial charge is 0.248 e. The maximum atomic E-state index is 12.6. The highest BCUT2D eigenvalue weighted by Crippen LogP contribution is 2.38. The molecule has 0 atom stereocenters. The molecule has 3 aromatic rings. The Hall–Kier alpha value is -2.72. The molecule has 0 unspecified atom stereocenters. The first kappa shape index (κ1) is 19.6. The number of furan rings is 1. The minimum atomic E-state index is -0.229. The number of allylic oxidation sites excluding steroid dienone is 1. The molecule has 0 saturated heterocycles. The lowest BCUT2D eigenvalue weighted by Gasteiger charge is -2.12. The zero-order chi connectivity index (χ0) is 20.4. The number of halogens is 1. The molecular formula is C24H24ClNO3. The summed E-state index contributed by atoms with van der Waals surface area (Å²) in [5.74, 6) is 1.58. The molecule has 0 bridgehead atoms. The summed E-state index contributed by atoms with van der Waals surface area (Å²) in [4.78, 5) is 12.6. The third kappa shape index (κ3) is 4.03. The van der Waals surface area contributed by atoms with Crippen LogP contribution in [-0.4, -0.2) is 12.5 Å². The van der Waals surface area contributed by atoms with Crippen LogP contribution in [0.2, 0.25) is 5.02 Å². The number of nitrogens with one attached hydrogen (secondary N) is 1. The van der Waals surface area contributed by atoms with Crippen LogP contribution in [0.4, 0.5) is 5.69 Å². The van der Waals surface area contributed by atoms with Crippen LogP contribution < -0.4 is 10.1 Å². The number of benzene rings is 2. The van der Waals surface area contributed by atoms with E-state index in [2.05, 4.69) is 11.4 Å². The van der Waals surface area contributed by atoms with Crippen molar-refractivity contribution < 1.29 is 13.9 Å². The predicted octanol–water partition coefficient (Wildman–Crippen LogP) is 6.41. The SMILES string of the molecule is CCOc1cc2oc3c(c2cc1/C(C)=C/C(=O)Nc1ccccc1Cl)CCCC3. The van der Waals surface area contributed by atoms with Gasteiger partial charge in [0.05, 0.1) is 17.3 Å². The lowest BCUT2D eigenvalue weighted by molar-refractivity contribution is -0.111. The maximum absolute atomic E-state index is 12.6. The number of carbonyl (C=O) groups excluding carboxylic acids is 1. The Kier molecular flexibility index (Phi) is 5.63. The molecule has 1 aliphatic carbocycles. The Balaban J connectivity index is 1.70. The van der Waals surface area contributed by atoms with Gasteiger partial charge < -0.3 is 14.5 Å². The number of hydrogen-bond acceptors (Lipinski definition) is 3. The third-order valence-corrected chi connectivity index (χ3v) is 5.59. The normalized spacial score (nSPS) is 14.0. The Bertz CT molecular complexity index is 1100. The summed E-state index contributed by atoms with van der Waals surface area (Å²) in [6.45, 7) is 4.41. The highest BCUT2D eigenvalue weighted by molar-refractivity contribution is 6.33. The molecule has 2 aromatic carbocycles. The van der Waals surface area contributed by atoms with Crippen molar-refractivity contribution in [2.24, 2.45) is 0 Å². The van der Waals surface area contributed by atoms with Crippen LogP contribution in [0.3, 0.4) is 0 Å². The maximum Gasteiger partial charge on any atom is 0.248 e. The number of carbonyl (C=O) groups is 1. The van der Waals surface area contributed by atoms with E-state index < -0.39 is 0 Å². The van der Waals surface area contributed by atoms with Gasteiger partial charge in [0, 0.05) is 35.1 Å². The number of para-hydroxylation sites is 1. The van der Waals surface area contributed by atoms with Crippen molar-refractivity contribution in [3.63, 3.8) is 0 Å². The van der Waals surface area contributed by atoms with Gasteiger partial charge in [0.25, 0.3) is 0 Å². The molecule has 4 nitrogen and oxygen atoms in total. The molecule has 0 fully saturated rings. The highest BCUT2D eigenvalue weighted by atomic mass is 35.5. The zero-order valence-electron chi connectivity index (χ0n) is 16.7. The summed E-state index contributed by atoms with van der Waals surface area (Å²) in [6, 6.07) is 11.2. The largest absolute Gasteiger partial charge is 0.493 e.